The highest BCUT2D eigenvalue weighted by molar-refractivity contribution is 6.04. The van der Waals surface area contributed by atoms with E-state index in [0.29, 0.717) is 43.8 Å². The minimum atomic E-state index is -0.600. The number of benzene rings is 2. The van der Waals surface area contributed by atoms with Crippen molar-refractivity contribution in [1.29, 1.82) is 0 Å². The van der Waals surface area contributed by atoms with Crippen molar-refractivity contribution < 1.29 is 13.9 Å². The lowest BCUT2D eigenvalue weighted by atomic mass is 9.94. The molecular weight excluding hydrogens is 419 g/mol. The van der Waals surface area contributed by atoms with Crippen LogP contribution in [0.3, 0.4) is 0 Å². The van der Waals surface area contributed by atoms with Gasteiger partial charge in [-0.1, -0.05) is 36.4 Å². The molecular formula is C23H28ClFN4O2. The molecule has 0 saturated carbocycles. The lowest BCUT2D eigenvalue weighted by molar-refractivity contribution is 0.0853. The molecule has 2 aliphatic rings. The van der Waals surface area contributed by atoms with Gasteiger partial charge in [-0.25, -0.2) is 14.2 Å². The summed E-state index contributed by atoms with van der Waals surface area (Å²) in [6.45, 7) is 1.44. The first-order valence-electron chi connectivity index (χ1n) is 10.4. The van der Waals surface area contributed by atoms with Crippen molar-refractivity contribution in [2.75, 3.05) is 25.0 Å². The third kappa shape index (κ3) is 5.28. The van der Waals surface area contributed by atoms with Crippen LogP contribution in [0.5, 0.6) is 0 Å². The van der Waals surface area contributed by atoms with Gasteiger partial charge in [0.15, 0.2) is 0 Å². The molecule has 2 aromatic rings. The number of aryl methyl sites for hydroxylation is 1. The standard InChI is InChI=1S/C23H27FN4O2.ClH/c24-18-10-6-11-19-20(18)21(25)27-23(26-19)12-14-28(15-13-23)22(29)30-16-5-4-9-17-7-2-1-3-8-17;/h1-3,6-8,10-11,26H,4-5,9,12-16H2,(H2,25,27);1H. The van der Waals surface area contributed by atoms with Gasteiger partial charge in [-0.05, 0) is 37.0 Å². The first kappa shape index (κ1) is 22.9. The predicted molar refractivity (Wildman–Crippen MR) is 122 cm³/mol. The van der Waals surface area contributed by atoms with Gasteiger partial charge in [0.1, 0.15) is 17.3 Å². The predicted octanol–water partition coefficient (Wildman–Crippen LogP) is 4.33. The van der Waals surface area contributed by atoms with Crippen LogP contribution in [-0.4, -0.2) is 42.2 Å². The highest BCUT2D eigenvalue weighted by atomic mass is 35.5. The number of hydrogen-bond donors (Lipinski definition) is 2. The Morgan fingerprint density at radius 1 is 1.13 bits per heavy atom. The van der Waals surface area contributed by atoms with E-state index in [0.717, 1.165) is 19.3 Å². The van der Waals surface area contributed by atoms with Crippen molar-refractivity contribution in [3.8, 4) is 0 Å². The summed E-state index contributed by atoms with van der Waals surface area (Å²) in [6, 6.07) is 15.1. The monoisotopic (exact) mass is 446 g/mol. The van der Waals surface area contributed by atoms with E-state index in [9.17, 15) is 9.18 Å². The van der Waals surface area contributed by atoms with Gasteiger partial charge in [-0.2, -0.15) is 0 Å². The molecule has 2 heterocycles. The Balaban J connectivity index is 0.00000272. The van der Waals surface area contributed by atoms with Crippen LogP contribution in [-0.2, 0) is 11.2 Å². The molecule has 0 aromatic heterocycles. The van der Waals surface area contributed by atoms with Gasteiger partial charge < -0.3 is 20.7 Å². The lowest BCUT2D eigenvalue weighted by Crippen LogP contribution is -2.52. The second-order valence-electron chi connectivity index (χ2n) is 7.86. The molecule has 0 bridgehead atoms. The molecule has 6 nitrogen and oxygen atoms in total. The van der Waals surface area contributed by atoms with E-state index < -0.39 is 5.66 Å². The molecule has 31 heavy (non-hydrogen) atoms. The summed E-state index contributed by atoms with van der Waals surface area (Å²) in [6.07, 6.45) is 3.69. The smallest absolute Gasteiger partial charge is 0.409 e. The average molecular weight is 447 g/mol. The normalized spacial score (nSPS) is 16.5. The molecule has 1 fully saturated rings. The molecule has 2 aromatic carbocycles. The summed E-state index contributed by atoms with van der Waals surface area (Å²) in [4.78, 5) is 18.6. The number of rotatable bonds is 5. The zero-order valence-electron chi connectivity index (χ0n) is 17.4. The number of aliphatic imine (C=N–C) groups is 1. The zero-order valence-corrected chi connectivity index (χ0v) is 18.2. The number of piperidine rings is 1. The quantitative estimate of drug-likeness (QED) is 0.670. The van der Waals surface area contributed by atoms with Gasteiger partial charge in [0.05, 0.1) is 12.2 Å². The second kappa shape index (κ2) is 10.0. The Morgan fingerprint density at radius 2 is 1.87 bits per heavy atom. The molecule has 8 heteroatoms. The first-order valence-corrected chi connectivity index (χ1v) is 10.4. The lowest BCUT2D eigenvalue weighted by Gasteiger charge is -2.42. The van der Waals surface area contributed by atoms with Gasteiger partial charge in [0, 0.05) is 31.6 Å². The Kier molecular flexibility index (Phi) is 7.38. The molecule has 0 unspecified atom stereocenters. The summed E-state index contributed by atoms with van der Waals surface area (Å²) in [5.74, 6) is -0.180. The molecule has 2 aliphatic heterocycles. The summed E-state index contributed by atoms with van der Waals surface area (Å²) >= 11 is 0. The molecule has 0 aliphatic carbocycles. The van der Waals surface area contributed by atoms with Crippen LogP contribution in [0.1, 0.15) is 36.8 Å². The summed E-state index contributed by atoms with van der Waals surface area (Å²) < 4.78 is 19.5. The van der Waals surface area contributed by atoms with Crippen LogP contribution in [0.4, 0.5) is 14.9 Å². The zero-order chi connectivity index (χ0) is 21.0. The first-order chi connectivity index (χ1) is 14.6. The molecule has 166 valence electrons. The van der Waals surface area contributed by atoms with Crippen LogP contribution in [0.2, 0.25) is 0 Å². The number of amidine groups is 1. The summed E-state index contributed by atoms with van der Waals surface area (Å²) in [7, 11) is 0. The highest BCUT2D eigenvalue weighted by Crippen LogP contribution is 2.35. The largest absolute Gasteiger partial charge is 0.449 e. The van der Waals surface area contributed by atoms with E-state index in [1.165, 1.54) is 11.6 Å². The number of hydrogen-bond acceptors (Lipinski definition) is 5. The van der Waals surface area contributed by atoms with E-state index in [1.54, 1.807) is 17.0 Å². The average Bonchev–Trinajstić information content (AvgIpc) is 2.74. The van der Waals surface area contributed by atoms with Crippen molar-refractivity contribution in [2.45, 2.75) is 37.8 Å². The topological polar surface area (TPSA) is 80.0 Å². The van der Waals surface area contributed by atoms with Crippen molar-refractivity contribution >= 4 is 30.0 Å². The van der Waals surface area contributed by atoms with Crippen LogP contribution in [0.15, 0.2) is 53.5 Å². The van der Waals surface area contributed by atoms with Crippen molar-refractivity contribution in [2.24, 2.45) is 10.7 Å². The van der Waals surface area contributed by atoms with Crippen molar-refractivity contribution in [3.63, 3.8) is 0 Å². The maximum atomic E-state index is 14.0. The van der Waals surface area contributed by atoms with E-state index in [1.807, 2.05) is 18.2 Å². The maximum Gasteiger partial charge on any atom is 0.409 e. The molecule has 0 atom stereocenters. The van der Waals surface area contributed by atoms with E-state index in [2.05, 4.69) is 22.4 Å². The highest BCUT2D eigenvalue weighted by Gasteiger charge is 2.39. The number of nitrogens with two attached hydrogens (primary N) is 1. The molecule has 4 rings (SSSR count). The third-order valence-electron chi connectivity index (χ3n) is 5.75. The van der Waals surface area contributed by atoms with Gasteiger partial charge in [0.25, 0.3) is 0 Å². The summed E-state index contributed by atoms with van der Waals surface area (Å²) in [5.41, 5.74) is 7.72. The van der Waals surface area contributed by atoms with Gasteiger partial charge in [0.2, 0.25) is 0 Å². The number of amides is 1. The number of anilines is 1. The SMILES string of the molecule is Cl.NC1=NC2(CCN(C(=O)OCCCCc3ccccc3)CC2)Nc2cccc(F)c21. The molecule has 0 radical (unpaired) electrons. The number of ether oxygens (including phenoxy) is 1. The number of nitrogens with zero attached hydrogens (tertiary/aromatic N) is 2. The summed E-state index contributed by atoms with van der Waals surface area (Å²) in [5, 5.41) is 3.33. The number of carbonyl (C=O) groups excluding carboxylic acids is 1. The van der Waals surface area contributed by atoms with E-state index >= 15 is 0 Å². The third-order valence-corrected chi connectivity index (χ3v) is 5.75. The second-order valence-corrected chi connectivity index (χ2v) is 7.86. The Morgan fingerprint density at radius 3 is 2.61 bits per heavy atom. The number of fused-ring (bicyclic) bond motifs is 1. The number of halogens is 2. The Hall–Kier alpha value is -2.80. The Bertz CT molecular complexity index is 930. The van der Waals surface area contributed by atoms with E-state index in [-0.39, 0.29) is 30.2 Å². The van der Waals surface area contributed by atoms with Gasteiger partial charge in [-0.3, -0.25) is 0 Å². The molecule has 1 saturated heterocycles. The molecule has 3 N–H and O–H groups in total. The minimum absolute atomic E-state index is 0. The molecule has 1 amide bonds. The number of likely N-dealkylation sites (tertiary alicyclic amines) is 1. The number of carbonyl (C=O) groups is 1. The Labute approximate surface area is 188 Å². The van der Waals surface area contributed by atoms with Crippen LogP contribution in [0.25, 0.3) is 0 Å². The van der Waals surface area contributed by atoms with Crippen LogP contribution < -0.4 is 11.1 Å². The molecule has 1 spiro atoms. The van der Waals surface area contributed by atoms with Crippen LogP contribution >= 0.6 is 12.4 Å². The van der Waals surface area contributed by atoms with Gasteiger partial charge in [-0.15, -0.1) is 12.4 Å². The fourth-order valence-electron chi connectivity index (χ4n) is 4.08. The minimum Gasteiger partial charge on any atom is -0.449 e. The number of nitrogens with one attached hydrogen (secondary N) is 1. The fourth-order valence-corrected chi connectivity index (χ4v) is 4.08. The van der Waals surface area contributed by atoms with E-state index in [4.69, 9.17) is 10.5 Å². The van der Waals surface area contributed by atoms with Crippen molar-refractivity contribution in [3.05, 3.63) is 65.5 Å². The number of unbranched alkanes of at least 4 members (excludes halogenated alkanes) is 1. The van der Waals surface area contributed by atoms with Gasteiger partial charge >= 0.3 is 6.09 Å². The fraction of sp³-hybridized carbons (Fsp3) is 0.391. The van der Waals surface area contributed by atoms with Crippen LogP contribution in [0, 0.1) is 5.82 Å². The van der Waals surface area contributed by atoms with Crippen molar-refractivity contribution in [1.82, 2.24) is 4.90 Å². The maximum absolute atomic E-state index is 14.0.